The van der Waals surface area contributed by atoms with Gasteiger partial charge >= 0.3 is 18.3 Å². The van der Waals surface area contributed by atoms with Crippen LogP contribution in [0.1, 0.15) is 38.3 Å². The number of amides is 2. The highest BCUT2D eigenvalue weighted by Crippen LogP contribution is 2.40. The Hall–Kier alpha value is -3.69. The van der Waals surface area contributed by atoms with Crippen LogP contribution < -0.4 is 5.32 Å². The van der Waals surface area contributed by atoms with E-state index in [0.29, 0.717) is 33.8 Å². The number of thiocarbonyl (C=S) groups is 1. The van der Waals surface area contributed by atoms with Crippen molar-refractivity contribution in [1.29, 1.82) is 0 Å². The van der Waals surface area contributed by atoms with Crippen molar-refractivity contribution < 1.29 is 45.5 Å². The van der Waals surface area contributed by atoms with Gasteiger partial charge < -0.3 is 10.1 Å². The lowest BCUT2D eigenvalue weighted by atomic mass is 10.0. The van der Waals surface area contributed by atoms with Gasteiger partial charge in [0.2, 0.25) is 5.91 Å². The summed E-state index contributed by atoms with van der Waals surface area (Å²) in [5.41, 5.74) is -1.55. The SMILES string of the molecule is O=C(CCN1C(=O)/C(=C/c2cc(-c3cc(C(F)(F)F)cc(C(F)(F)F)c3)cs2)SC1=S)Nc1ccc2c(c1)C(=O)OC2. The summed E-state index contributed by atoms with van der Waals surface area (Å²) in [5.74, 6) is -1.41. The summed E-state index contributed by atoms with van der Waals surface area (Å²) in [4.78, 5) is 39.0. The molecule has 0 saturated carbocycles. The van der Waals surface area contributed by atoms with Gasteiger partial charge in [-0.1, -0.05) is 30.0 Å². The minimum Gasteiger partial charge on any atom is -0.457 e. The number of ether oxygens (including phenoxy) is 1. The molecule has 0 aliphatic carbocycles. The molecule has 2 aromatic carbocycles. The summed E-state index contributed by atoms with van der Waals surface area (Å²) in [7, 11) is 0. The zero-order valence-corrected chi connectivity index (χ0v) is 23.3. The van der Waals surface area contributed by atoms with Crippen LogP contribution in [-0.4, -0.2) is 33.5 Å². The largest absolute Gasteiger partial charge is 0.457 e. The minimum atomic E-state index is -4.98. The Labute approximate surface area is 247 Å². The lowest BCUT2D eigenvalue weighted by Crippen LogP contribution is -2.31. The van der Waals surface area contributed by atoms with Crippen LogP contribution in [-0.2, 0) is 33.3 Å². The van der Waals surface area contributed by atoms with Crippen molar-refractivity contribution in [3.05, 3.63) is 79.9 Å². The lowest BCUT2D eigenvalue weighted by molar-refractivity contribution is -0.143. The molecule has 0 unspecified atom stereocenters. The molecule has 1 fully saturated rings. The summed E-state index contributed by atoms with van der Waals surface area (Å²) >= 11 is 7.26. The predicted molar refractivity (Wildman–Crippen MR) is 148 cm³/mol. The van der Waals surface area contributed by atoms with Gasteiger partial charge in [0.1, 0.15) is 10.9 Å². The second-order valence-corrected chi connectivity index (χ2v) is 11.7. The number of carbonyl (C=O) groups excluding carboxylic acids is 3. The number of esters is 1. The number of carbonyl (C=O) groups is 3. The van der Waals surface area contributed by atoms with E-state index in [-0.39, 0.29) is 46.0 Å². The quantitative estimate of drug-likeness (QED) is 0.131. The molecule has 15 heteroatoms. The van der Waals surface area contributed by atoms with Gasteiger partial charge in [-0.05, 0) is 59.0 Å². The zero-order valence-electron chi connectivity index (χ0n) is 20.9. The molecule has 5 rings (SSSR count). The van der Waals surface area contributed by atoms with Crippen molar-refractivity contribution >= 4 is 69.2 Å². The van der Waals surface area contributed by atoms with Crippen molar-refractivity contribution in [3.8, 4) is 11.1 Å². The zero-order chi connectivity index (χ0) is 30.4. The third-order valence-electron chi connectivity index (χ3n) is 6.22. The number of hydrogen-bond donors (Lipinski definition) is 1. The summed E-state index contributed by atoms with van der Waals surface area (Å²) in [5, 5.41) is 4.05. The number of fused-ring (bicyclic) bond motifs is 1. The average molecular weight is 643 g/mol. The van der Waals surface area contributed by atoms with Gasteiger partial charge in [-0.2, -0.15) is 26.3 Å². The molecule has 218 valence electrons. The van der Waals surface area contributed by atoms with E-state index in [1.165, 1.54) is 28.5 Å². The first kappa shape index (κ1) is 29.8. The summed E-state index contributed by atoms with van der Waals surface area (Å²) in [6.07, 6.45) is -8.62. The van der Waals surface area contributed by atoms with E-state index in [9.17, 15) is 40.7 Å². The number of thiophene rings is 1. The molecular weight excluding hydrogens is 626 g/mol. The van der Waals surface area contributed by atoms with E-state index in [2.05, 4.69) is 5.32 Å². The number of cyclic esters (lactones) is 1. The number of nitrogens with one attached hydrogen (secondary N) is 1. The maximum absolute atomic E-state index is 13.3. The van der Waals surface area contributed by atoms with Gasteiger partial charge in [0.25, 0.3) is 5.91 Å². The number of rotatable bonds is 6. The van der Waals surface area contributed by atoms with Crippen LogP contribution in [0, 0.1) is 0 Å². The summed E-state index contributed by atoms with van der Waals surface area (Å²) in [6.45, 7) is 0.127. The first-order valence-corrected chi connectivity index (χ1v) is 14.0. The Bertz CT molecular complexity index is 1630. The van der Waals surface area contributed by atoms with Gasteiger partial charge in [-0.3, -0.25) is 14.5 Å². The molecule has 2 aliphatic heterocycles. The highest BCUT2D eigenvalue weighted by Gasteiger charge is 2.37. The number of alkyl halides is 6. The van der Waals surface area contributed by atoms with Crippen molar-refractivity contribution in [1.82, 2.24) is 4.90 Å². The monoisotopic (exact) mass is 642 g/mol. The predicted octanol–water partition coefficient (Wildman–Crippen LogP) is 7.35. The normalized spacial score (nSPS) is 16.3. The Morgan fingerprint density at radius 1 is 1.00 bits per heavy atom. The van der Waals surface area contributed by atoms with Crippen molar-refractivity contribution in [3.63, 3.8) is 0 Å². The Kier molecular flexibility index (Phi) is 7.94. The second-order valence-electron chi connectivity index (χ2n) is 9.11. The van der Waals surface area contributed by atoms with Gasteiger partial charge in [0, 0.05) is 29.1 Å². The maximum atomic E-state index is 13.3. The third kappa shape index (κ3) is 6.37. The molecular formula is C27H16F6N2O4S3. The highest BCUT2D eigenvalue weighted by molar-refractivity contribution is 8.26. The lowest BCUT2D eigenvalue weighted by Gasteiger charge is -2.14. The molecule has 0 bridgehead atoms. The van der Waals surface area contributed by atoms with E-state index >= 15 is 0 Å². The van der Waals surface area contributed by atoms with E-state index in [1.807, 2.05) is 0 Å². The molecule has 3 aromatic rings. The molecule has 1 aromatic heterocycles. The van der Waals surface area contributed by atoms with Crippen LogP contribution in [0.4, 0.5) is 32.0 Å². The first-order chi connectivity index (χ1) is 19.7. The van der Waals surface area contributed by atoms with Crippen LogP contribution >= 0.6 is 35.3 Å². The topological polar surface area (TPSA) is 75.7 Å². The molecule has 0 spiro atoms. The summed E-state index contributed by atoms with van der Waals surface area (Å²) in [6, 6.07) is 7.51. The van der Waals surface area contributed by atoms with E-state index < -0.39 is 41.3 Å². The number of thioether (sulfide) groups is 1. The molecule has 1 N–H and O–H groups in total. The second kappa shape index (κ2) is 11.2. The van der Waals surface area contributed by atoms with E-state index in [1.54, 1.807) is 12.1 Å². The fourth-order valence-corrected chi connectivity index (χ4v) is 6.37. The Balaban J connectivity index is 1.26. The Morgan fingerprint density at radius 3 is 2.36 bits per heavy atom. The minimum absolute atomic E-state index is 0.0407. The standard InChI is InChI=1S/C27H16F6N2O4S3/c28-26(29,30)16-5-14(6-17(8-16)27(31,32)33)15-7-19(41-12-15)10-21-23(37)35(25(40)42-21)4-3-22(36)34-18-2-1-13-11-39-24(38)20(13)9-18/h1-2,5-10,12H,3-4,11H2,(H,34,36)/b21-10-. The summed E-state index contributed by atoms with van der Waals surface area (Å²) < 4.78 is 84.6. The Morgan fingerprint density at radius 2 is 1.69 bits per heavy atom. The molecule has 2 aliphatic rings. The molecule has 42 heavy (non-hydrogen) atoms. The fraction of sp³-hybridized carbons (Fsp3) is 0.185. The maximum Gasteiger partial charge on any atom is 0.416 e. The van der Waals surface area contributed by atoms with E-state index in [4.69, 9.17) is 17.0 Å². The average Bonchev–Trinajstić information content (AvgIpc) is 3.60. The molecule has 6 nitrogen and oxygen atoms in total. The fourth-order valence-electron chi connectivity index (χ4n) is 4.15. The van der Waals surface area contributed by atoms with Gasteiger partial charge in [0.15, 0.2) is 0 Å². The first-order valence-electron chi connectivity index (χ1n) is 11.9. The molecule has 1 saturated heterocycles. The van der Waals surface area contributed by atoms with Crippen molar-refractivity contribution in [2.24, 2.45) is 0 Å². The number of anilines is 1. The number of nitrogens with zero attached hydrogens (tertiary/aromatic N) is 1. The molecule has 0 atom stereocenters. The van der Waals surface area contributed by atoms with Crippen molar-refractivity contribution in [2.45, 2.75) is 25.4 Å². The van der Waals surface area contributed by atoms with Crippen LogP contribution in [0.3, 0.4) is 0 Å². The van der Waals surface area contributed by atoms with Crippen LogP contribution in [0.2, 0.25) is 0 Å². The third-order valence-corrected chi connectivity index (χ3v) is 8.48. The number of hydrogen-bond acceptors (Lipinski definition) is 7. The highest BCUT2D eigenvalue weighted by atomic mass is 32.2. The molecule has 2 amide bonds. The molecule has 3 heterocycles. The number of halogens is 6. The van der Waals surface area contributed by atoms with Gasteiger partial charge in [0.05, 0.1) is 21.6 Å². The molecule has 0 radical (unpaired) electrons. The van der Waals surface area contributed by atoms with Crippen LogP contribution in [0.5, 0.6) is 0 Å². The van der Waals surface area contributed by atoms with Gasteiger partial charge in [-0.25, -0.2) is 4.79 Å². The van der Waals surface area contributed by atoms with Crippen LogP contribution in [0.25, 0.3) is 17.2 Å². The smallest absolute Gasteiger partial charge is 0.416 e. The van der Waals surface area contributed by atoms with Crippen LogP contribution in [0.15, 0.2) is 52.7 Å². The van der Waals surface area contributed by atoms with E-state index in [0.717, 1.165) is 23.1 Å². The van der Waals surface area contributed by atoms with Crippen molar-refractivity contribution in [2.75, 3.05) is 11.9 Å². The van der Waals surface area contributed by atoms with Gasteiger partial charge in [-0.15, -0.1) is 11.3 Å². The number of benzene rings is 2.